The summed E-state index contributed by atoms with van der Waals surface area (Å²) >= 11 is 0. The topological polar surface area (TPSA) is 103 Å². The Balaban J connectivity index is 1.48. The predicted octanol–water partition coefficient (Wildman–Crippen LogP) is 3.99. The minimum absolute atomic E-state index is 0.181. The van der Waals surface area contributed by atoms with Gasteiger partial charge in [0.1, 0.15) is 24.5 Å². The second-order valence-electron chi connectivity index (χ2n) is 7.61. The molecule has 2 N–H and O–H groups in total. The van der Waals surface area contributed by atoms with Gasteiger partial charge in [-0.25, -0.2) is 4.79 Å². The monoisotopic (exact) mass is 472 g/mol. The largest absolute Gasteiger partial charge is 0.490 e. The number of carbonyl (C=O) groups excluding carboxylic acids is 3. The number of urea groups is 1. The molecule has 1 aliphatic heterocycles. The Morgan fingerprint density at radius 3 is 2.09 bits per heavy atom. The highest BCUT2D eigenvalue weighted by atomic mass is 16.5. The van der Waals surface area contributed by atoms with Gasteiger partial charge in [0.05, 0.1) is 6.61 Å². The van der Waals surface area contributed by atoms with Crippen molar-refractivity contribution in [3.05, 3.63) is 95.1 Å². The summed E-state index contributed by atoms with van der Waals surface area (Å²) in [6, 6.07) is 21.6. The summed E-state index contributed by atoms with van der Waals surface area (Å²) in [4.78, 5) is 35.4. The first-order chi connectivity index (χ1) is 17.0. The molecule has 1 aliphatic rings. The van der Waals surface area contributed by atoms with Crippen molar-refractivity contribution in [3.8, 4) is 17.2 Å². The molecule has 3 aromatic carbocycles. The van der Waals surface area contributed by atoms with E-state index in [2.05, 4.69) is 10.6 Å². The molecule has 8 heteroatoms. The van der Waals surface area contributed by atoms with E-state index < -0.39 is 17.8 Å². The summed E-state index contributed by atoms with van der Waals surface area (Å²) < 4.78 is 17.7. The highest BCUT2D eigenvalue weighted by molar-refractivity contribution is 6.31. The maximum Gasteiger partial charge on any atom is 0.328 e. The first-order valence-corrected chi connectivity index (χ1v) is 11.1. The standard InChI is InChI=1S/C27H24N2O6/c1-2-33-24-14-19(12-13-23(24)35-16-18-8-4-3-5-9-18)17-34-22-11-7-6-10-20(22)15-21-25(30)28-27(32)29-26(21)31/h3-15H,2,16-17H2,1H3,(H2,28,29,30,31,32). The lowest BCUT2D eigenvalue weighted by molar-refractivity contribution is -0.123. The second-order valence-corrected chi connectivity index (χ2v) is 7.61. The molecule has 0 spiro atoms. The number of rotatable bonds is 9. The van der Waals surface area contributed by atoms with Crippen LogP contribution in [0.15, 0.2) is 78.4 Å². The van der Waals surface area contributed by atoms with E-state index in [9.17, 15) is 14.4 Å². The lowest BCUT2D eigenvalue weighted by Crippen LogP contribution is -2.51. The minimum atomic E-state index is -0.844. The Morgan fingerprint density at radius 1 is 0.686 bits per heavy atom. The van der Waals surface area contributed by atoms with Gasteiger partial charge < -0.3 is 14.2 Å². The SMILES string of the molecule is CCOc1cc(COc2ccccc2C=C2C(=O)NC(=O)NC2=O)ccc1OCc1ccccc1. The summed E-state index contributed by atoms with van der Waals surface area (Å²) in [5.41, 5.74) is 2.24. The van der Waals surface area contributed by atoms with Gasteiger partial charge in [-0.2, -0.15) is 0 Å². The van der Waals surface area contributed by atoms with Gasteiger partial charge >= 0.3 is 6.03 Å². The highest BCUT2D eigenvalue weighted by Crippen LogP contribution is 2.30. The van der Waals surface area contributed by atoms with Crippen LogP contribution in [-0.2, 0) is 22.8 Å². The van der Waals surface area contributed by atoms with E-state index in [0.29, 0.717) is 36.0 Å². The maximum atomic E-state index is 12.1. The van der Waals surface area contributed by atoms with Crippen LogP contribution in [0.5, 0.6) is 17.2 Å². The van der Waals surface area contributed by atoms with E-state index in [-0.39, 0.29) is 12.2 Å². The zero-order chi connectivity index (χ0) is 24.6. The van der Waals surface area contributed by atoms with Gasteiger partial charge in [0, 0.05) is 5.56 Å². The quantitative estimate of drug-likeness (QED) is 0.361. The lowest BCUT2D eigenvalue weighted by atomic mass is 10.1. The van der Waals surface area contributed by atoms with E-state index in [1.54, 1.807) is 24.3 Å². The van der Waals surface area contributed by atoms with Crippen LogP contribution in [0.2, 0.25) is 0 Å². The number of benzene rings is 3. The lowest BCUT2D eigenvalue weighted by Gasteiger charge is -2.16. The van der Waals surface area contributed by atoms with Gasteiger partial charge in [-0.15, -0.1) is 0 Å². The Hall–Kier alpha value is -4.59. The molecule has 0 saturated carbocycles. The zero-order valence-electron chi connectivity index (χ0n) is 19.1. The molecule has 178 valence electrons. The van der Waals surface area contributed by atoms with Crippen LogP contribution in [0.25, 0.3) is 6.08 Å². The number of nitrogens with one attached hydrogen (secondary N) is 2. The number of hydrogen-bond acceptors (Lipinski definition) is 6. The fourth-order valence-corrected chi connectivity index (χ4v) is 3.42. The number of carbonyl (C=O) groups is 3. The first kappa shape index (κ1) is 23.6. The van der Waals surface area contributed by atoms with Gasteiger partial charge in [-0.1, -0.05) is 54.6 Å². The Bertz CT molecular complexity index is 1250. The predicted molar refractivity (Wildman–Crippen MR) is 129 cm³/mol. The van der Waals surface area contributed by atoms with Crippen molar-refractivity contribution in [2.24, 2.45) is 0 Å². The van der Waals surface area contributed by atoms with Crippen molar-refractivity contribution in [2.45, 2.75) is 20.1 Å². The molecule has 4 rings (SSSR count). The normalized spacial score (nSPS) is 13.1. The average Bonchev–Trinajstić information content (AvgIpc) is 2.86. The van der Waals surface area contributed by atoms with E-state index in [0.717, 1.165) is 11.1 Å². The molecule has 0 aromatic heterocycles. The van der Waals surface area contributed by atoms with Gasteiger partial charge in [0.25, 0.3) is 11.8 Å². The van der Waals surface area contributed by atoms with Crippen LogP contribution in [0.4, 0.5) is 4.79 Å². The molecule has 35 heavy (non-hydrogen) atoms. The van der Waals surface area contributed by atoms with Gasteiger partial charge in [0.2, 0.25) is 0 Å². The third kappa shape index (κ3) is 6.05. The molecular weight excluding hydrogens is 448 g/mol. The number of barbiturate groups is 1. The van der Waals surface area contributed by atoms with Gasteiger partial charge in [-0.3, -0.25) is 20.2 Å². The Morgan fingerprint density at radius 2 is 1.34 bits per heavy atom. The summed E-state index contributed by atoms with van der Waals surface area (Å²) in [6.45, 7) is 3.02. The summed E-state index contributed by atoms with van der Waals surface area (Å²) in [7, 11) is 0. The molecular formula is C27H24N2O6. The molecule has 0 atom stereocenters. The third-order valence-electron chi connectivity index (χ3n) is 5.10. The van der Waals surface area contributed by atoms with E-state index in [4.69, 9.17) is 14.2 Å². The van der Waals surface area contributed by atoms with Crippen LogP contribution in [-0.4, -0.2) is 24.5 Å². The molecule has 0 aliphatic carbocycles. The van der Waals surface area contributed by atoms with E-state index >= 15 is 0 Å². The second kappa shape index (κ2) is 11.0. The number of para-hydroxylation sites is 1. The number of hydrogen-bond donors (Lipinski definition) is 2. The van der Waals surface area contributed by atoms with Crippen molar-refractivity contribution in [3.63, 3.8) is 0 Å². The van der Waals surface area contributed by atoms with E-state index in [1.807, 2.05) is 55.5 Å². The molecule has 8 nitrogen and oxygen atoms in total. The van der Waals surface area contributed by atoms with Gasteiger partial charge in [0.15, 0.2) is 11.5 Å². The Labute approximate surface area is 202 Å². The van der Waals surface area contributed by atoms with Crippen LogP contribution in [0.3, 0.4) is 0 Å². The van der Waals surface area contributed by atoms with Crippen molar-refractivity contribution in [1.82, 2.24) is 10.6 Å². The minimum Gasteiger partial charge on any atom is -0.490 e. The number of ether oxygens (including phenoxy) is 3. The van der Waals surface area contributed by atoms with Gasteiger partial charge in [-0.05, 0) is 42.3 Å². The third-order valence-corrected chi connectivity index (χ3v) is 5.10. The summed E-state index contributed by atoms with van der Waals surface area (Å²) in [5.74, 6) is 0.190. The number of imide groups is 2. The number of amides is 4. The summed E-state index contributed by atoms with van der Waals surface area (Å²) in [5, 5.41) is 4.11. The van der Waals surface area contributed by atoms with Crippen molar-refractivity contribution >= 4 is 23.9 Å². The van der Waals surface area contributed by atoms with Crippen molar-refractivity contribution < 1.29 is 28.6 Å². The molecule has 4 amide bonds. The fourth-order valence-electron chi connectivity index (χ4n) is 3.42. The van der Waals surface area contributed by atoms with E-state index in [1.165, 1.54) is 6.08 Å². The van der Waals surface area contributed by atoms with Crippen molar-refractivity contribution in [2.75, 3.05) is 6.61 Å². The molecule has 3 aromatic rings. The van der Waals surface area contributed by atoms with Crippen molar-refractivity contribution in [1.29, 1.82) is 0 Å². The first-order valence-electron chi connectivity index (χ1n) is 11.1. The van der Waals surface area contributed by atoms with Crippen LogP contribution in [0, 0.1) is 0 Å². The smallest absolute Gasteiger partial charge is 0.328 e. The fraction of sp³-hybridized carbons (Fsp3) is 0.148. The maximum absolute atomic E-state index is 12.1. The Kier molecular flexibility index (Phi) is 7.42. The highest BCUT2D eigenvalue weighted by Gasteiger charge is 2.28. The van der Waals surface area contributed by atoms with Crippen LogP contribution < -0.4 is 24.8 Å². The van der Waals surface area contributed by atoms with Crippen LogP contribution in [0.1, 0.15) is 23.6 Å². The molecule has 1 saturated heterocycles. The van der Waals surface area contributed by atoms with Crippen LogP contribution >= 0.6 is 0 Å². The average molecular weight is 472 g/mol. The molecule has 0 bridgehead atoms. The molecule has 1 heterocycles. The molecule has 0 radical (unpaired) electrons. The summed E-state index contributed by atoms with van der Waals surface area (Å²) in [6.07, 6.45) is 1.39. The molecule has 1 fully saturated rings. The molecule has 0 unspecified atom stereocenters. The zero-order valence-corrected chi connectivity index (χ0v) is 19.1.